The van der Waals surface area contributed by atoms with Crippen LogP contribution in [0.15, 0.2) is 72.8 Å². The Morgan fingerprint density at radius 1 is 0.974 bits per heavy atom. The van der Waals surface area contributed by atoms with E-state index in [9.17, 15) is 9.59 Å². The fraction of sp³-hybridized carbons (Fsp3) is 0.323. The Morgan fingerprint density at radius 3 is 2.47 bits per heavy atom. The van der Waals surface area contributed by atoms with E-state index in [1.807, 2.05) is 36.4 Å². The second-order valence-electron chi connectivity index (χ2n) is 10.2. The van der Waals surface area contributed by atoms with Crippen LogP contribution in [0.4, 0.5) is 0 Å². The third kappa shape index (κ3) is 5.63. The average Bonchev–Trinajstić information content (AvgIpc) is 3.36. The van der Waals surface area contributed by atoms with E-state index < -0.39 is 11.9 Å². The summed E-state index contributed by atoms with van der Waals surface area (Å²) in [5.41, 5.74) is 17.6. The number of benzene rings is 3. The number of fused-ring (bicyclic) bond motifs is 1. The Kier molecular flexibility index (Phi) is 7.84. The van der Waals surface area contributed by atoms with Crippen LogP contribution in [0.3, 0.4) is 0 Å². The van der Waals surface area contributed by atoms with Gasteiger partial charge in [0.15, 0.2) is 0 Å². The van der Waals surface area contributed by atoms with Crippen molar-refractivity contribution in [2.45, 2.75) is 50.5 Å². The molecule has 196 valence electrons. The molecule has 38 heavy (non-hydrogen) atoms. The molecular formula is C31H35N5O2. The molecule has 0 saturated heterocycles. The van der Waals surface area contributed by atoms with Crippen LogP contribution in [0.25, 0.3) is 11.0 Å². The van der Waals surface area contributed by atoms with Gasteiger partial charge in [-0.15, -0.1) is 0 Å². The fourth-order valence-electron chi connectivity index (χ4n) is 5.70. The van der Waals surface area contributed by atoms with Crippen molar-refractivity contribution in [3.8, 4) is 0 Å². The lowest BCUT2D eigenvalue weighted by atomic mass is 9.74. The molecule has 7 heteroatoms. The smallest absolute Gasteiger partial charge is 0.244 e. The van der Waals surface area contributed by atoms with Gasteiger partial charge in [0.2, 0.25) is 11.8 Å². The van der Waals surface area contributed by atoms with Gasteiger partial charge in [-0.2, -0.15) is 0 Å². The van der Waals surface area contributed by atoms with E-state index in [1.165, 1.54) is 11.1 Å². The lowest BCUT2D eigenvalue weighted by molar-refractivity contribution is -0.131. The summed E-state index contributed by atoms with van der Waals surface area (Å²) in [4.78, 5) is 33.7. The van der Waals surface area contributed by atoms with Gasteiger partial charge in [0.25, 0.3) is 0 Å². The van der Waals surface area contributed by atoms with Crippen LogP contribution in [0.1, 0.15) is 65.7 Å². The summed E-state index contributed by atoms with van der Waals surface area (Å²) < 4.78 is 0. The van der Waals surface area contributed by atoms with Crippen molar-refractivity contribution in [3.63, 3.8) is 0 Å². The predicted molar refractivity (Wildman–Crippen MR) is 149 cm³/mol. The standard InChI is InChI=1S/C31H35N5O2/c32-18-17-27-34-26-12-6-9-23(28(26)35-27)19-20-13-15-21(16-14-20)24-10-4-5-11-25(24)31(38)36-29(30(33)37)22-7-2-1-3-8-22/h1-3,6-9,12-16,24-25,29H,4-5,10-11,17-19,32H2,(H2,33,37)(H,34,35)(H,36,38). The number of primary amides is 1. The molecule has 7 nitrogen and oxygen atoms in total. The molecule has 3 aromatic carbocycles. The Bertz CT molecular complexity index is 1400. The topological polar surface area (TPSA) is 127 Å². The van der Waals surface area contributed by atoms with Crippen molar-refractivity contribution in [1.82, 2.24) is 15.3 Å². The van der Waals surface area contributed by atoms with Gasteiger partial charge in [-0.1, -0.05) is 79.6 Å². The van der Waals surface area contributed by atoms with Crippen molar-refractivity contribution in [2.24, 2.45) is 17.4 Å². The number of H-pyrrole nitrogens is 1. The molecular weight excluding hydrogens is 474 g/mol. The molecule has 1 aliphatic carbocycles. The highest BCUT2D eigenvalue weighted by Crippen LogP contribution is 2.38. The molecule has 2 amide bonds. The van der Waals surface area contributed by atoms with Gasteiger partial charge in [-0.3, -0.25) is 9.59 Å². The fourth-order valence-corrected chi connectivity index (χ4v) is 5.70. The molecule has 0 aliphatic heterocycles. The summed E-state index contributed by atoms with van der Waals surface area (Å²) in [7, 11) is 0. The van der Waals surface area contributed by atoms with E-state index in [2.05, 4.69) is 46.7 Å². The third-order valence-electron chi connectivity index (χ3n) is 7.64. The molecule has 4 aromatic rings. The first kappa shape index (κ1) is 25.7. The summed E-state index contributed by atoms with van der Waals surface area (Å²) in [6.07, 6.45) is 5.33. The number of amides is 2. The zero-order chi connectivity index (χ0) is 26.5. The van der Waals surface area contributed by atoms with Crippen molar-refractivity contribution >= 4 is 22.8 Å². The SMILES string of the molecule is NCCc1nc2c(Cc3ccc(C4CCCCC4C(=O)NC(C(N)=O)c4ccccc4)cc3)cccc2[nH]1. The van der Waals surface area contributed by atoms with Crippen LogP contribution < -0.4 is 16.8 Å². The minimum absolute atomic E-state index is 0.107. The molecule has 3 atom stereocenters. The second kappa shape index (κ2) is 11.6. The van der Waals surface area contributed by atoms with E-state index in [-0.39, 0.29) is 17.7 Å². The summed E-state index contributed by atoms with van der Waals surface area (Å²) in [6.45, 7) is 0.562. The van der Waals surface area contributed by atoms with Crippen molar-refractivity contribution in [1.29, 1.82) is 0 Å². The molecule has 0 radical (unpaired) electrons. The van der Waals surface area contributed by atoms with Crippen LogP contribution in [-0.4, -0.2) is 28.3 Å². The highest BCUT2D eigenvalue weighted by atomic mass is 16.2. The first-order valence-electron chi connectivity index (χ1n) is 13.4. The minimum atomic E-state index is -0.830. The van der Waals surface area contributed by atoms with Gasteiger partial charge in [-0.05, 0) is 60.0 Å². The van der Waals surface area contributed by atoms with Crippen LogP contribution in [-0.2, 0) is 22.4 Å². The van der Waals surface area contributed by atoms with E-state index in [0.717, 1.165) is 60.9 Å². The first-order valence-corrected chi connectivity index (χ1v) is 13.4. The highest BCUT2D eigenvalue weighted by Gasteiger charge is 2.34. The number of hydrogen-bond donors (Lipinski definition) is 4. The van der Waals surface area contributed by atoms with Gasteiger partial charge >= 0.3 is 0 Å². The first-order chi connectivity index (χ1) is 18.5. The zero-order valence-corrected chi connectivity index (χ0v) is 21.5. The number of imidazole rings is 1. The maximum absolute atomic E-state index is 13.4. The number of hydrogen-bond acceptors (Lipinski definition) is 4. The molecule has 1 fully saturated rings. The van der Waals surface area contributed by atoms with Crippen LogP contribution in [0, 0.1) is 5.92 Å². The number of aromatic nitrogens is 2. The van der Waals surface area contributed by atoms with Gasteiger partial charge in [0, 0.05) is 12.3 Å². The van der Waals surface area contributed by atoms with Crippen LogP contribution in [0.2, 0.25) is 0 Å². The van der Waals surface area contributed by atoms with Crippen molar-refractivity contribution in [2.75, 3.05) is 6.54 Å². The van der Waals surface area contributed by atoms with E-state index in [0.29, 0.717) is 12.1 Å². The monoisotopic (exact) mass is 509 g/mol. The average molecular weight is 510 g/mol. The van der Waals surface area contributed by atoms with Crippen molar-refractivity contribution in [3.05, 3.63) is 101 Å². The summed E-state index contributed by atoms with van der Waals surface area (Å²) in [5.74, 6) is 0.167. The molecule has 1 aliphatic rings. The summed E-state index contributed by atoms with van der Waals surface area (Å²) >= 11 is 0. The van der Waals surface area contributed by atoms with Gasteiger partial charge in [-0.25, -0.2) is 4.98 Å². The van der Waals surface area contributed by atoms with E-state index >= 15 is 0 Å². The lowest BCUT2D eigenvalue weighted by Crippen LogP contribution is -2.42. The quantitative estimate of drug-likeness (QED) is 0.269. The molecule has 1 aromatic heterocycles. The van der Waals surface area contributed by atoms with Crippen LogP contribution in [0.5, 0.6) is 0 Å². The van der Waals surface area contributed by atoms with E-state index in [1.54, 1.807) is 0 Å². The van der Waals surface area contributed by atoms with Gasteiger partial charge in [0.1, 0.15) is 11.9 Å². The van der Waals surface area contributed by atoms with Gasteiger partial charge < -0.3 is 21.8 Å². The minimum Gasteiger partial charge on any atom is -0.368 e. The number of nitrogens with two attached hydrogens (primary N) is 2. The molecule has 3 unspecified atom stereocenters. The maximum Gasteiger partial charge on any atom is 0.244 e. The predicted octanol–water partition coefficient (Wildman–Crippen LogP) is 4.27. The number of carbonyl (C=O) groups excluding carboxylic acids is 2. The number of aromatic amines is 1. The number of para-hydroxylation sites is 1. The molecule has 1 saturated carbocycles. The lowest BCUT2D eigenvalue weighted by Gasteiger charge is -2.32. The number of nitrogens with one attached hydrogen (secondary N) is 2. The third-order valence-corrected chi connectivity index (χ3v) is 7.64. The summed E-state index contributed by atoms with van der Waals surface area (Å²) in [6, 6.07) is 23.2. The van der Waals surface area contributed by atoms with E-state index in [4.69, 9.17) is 16.5 Å². The van der Waals surface area contributed by atoms with Crippen LogP contribution >= 0.6 is 0 Å². The molecule has 5 rings (SSSR count). The Balaban J connectivity index is 1.31. The Labute approximate surface area is 223 Å². The summed E-state index contributed by atoms with van der Waals surface area (Å²) in [5, 5.41) is 2.94. The second-order valence-corrected chi connectivity index (χ2v) is 10.2. The molecule has 6 N–H and O–H groups in total. The number of carbonyl (C=O) groups is 2. The number of rotatable bonds is 9. The maximum atomic E-state index is 13.4. The van der Waals surface area contributed by atoms with Crippen molar-refractivity contribution < 1.29 is 9.59 Å². The number of nitrogens with zero attached hydrogens (tertiary/aromatic N) is 1. The molecule has 0 bridgehead atoms. The Hall–Kier alpha value is -3.97. The zero-order valence-electron chi connectivity index (χ0n) is 21.5. The molecule has 1 heterocycles. The van der Waals surface area contributed by atoms with Gasteiger partial charge in [0.05, 0.1) is 11.0 Å². The highest BCUT2D eigenvalue weighted by molar-refractivity contribution is 5.89. The normalized spacial score (nSPS) is 18.2. The molecule has 0 spiro atoms. The largest absolute Gasteiger partial charge is 0.368 e. The Morgan fingerprint density at radius 2 is 1.74 bits per heavy atom.